The van der Waals surface area contributed by atoms with Crippen molar-refractivity contribution >= 4 is 17.5 Å². The Morgan fingerprint density at radius 1 is 1.10 bits per heavy atom. The number of nitrogen functional groups attached to an aromatic ring is 1. The summed E-state index contributed by atoms with van der Waals surface area (Å²) in [4.78, 5) is 12.0. The maximum atomic E-state index is 12.0. The van der Waals surface area contributed by atoms with Crippen LogP contribution in [0.25, 0.3) is 6.08 Å². The van der Waals surface area contributed by atoms with Gasteiger partial charge in [-0.25, -0.2) is 4.39 Å². The first-order valence-corrected chi connectivity index (χ1v) is 6.56. The van der Waals surface area contributed by atoms with Crippen molar-refractivity contribution in [1.29, 1.82) is 0 Å². The van der Waals surface area contributed by atoms with E-state index in [9.17, 15) is 9.18 Å². The van der Waals surface area contributed by atoms with E-state index in [-0.39, 0.29) is 12.4 Å². The predicted molar refractivity (Wildman–Crippen MR) is 82.1 cm³/mol. The number of carbonyl (C=O) groups excluding carboxylic acids is 1. The van der Waals surface area contributed by atoms with E-state index in [1.807, 2.05) is 12.1 Å². The van der Waals surface area contributed by atoms with E-state index in [0.717, 1.165) is 5.56 Å². The number of ketones is 1. The molecule has 108 valence electrons. The third-order valence-corrected chi connectivity index (χ3v) is 2.85. The van der Waals surface area contributed by atoms with Crippen LogP contribution in [0.5, 0.6) is 5.75 Å². The van der Waals surface area contributed by atoms with E-state index in [1.165, 1.54) is 6.08 Å². The van der Waals surface area contributed by atoms with Crippen LogP contribution in [0.3, 0.4) is 0 Å². The molecule has 0 unspecified atom stereocenters. The highest BCUT2D eigenvalue weighted by atomic mass is 19.1. The molecule has 0 aliphatic heterocycles. The zero-order valence-corrected chi connectivity index (χ0v) is 11.5. The van der Waals surface area contributed by atoms with Gasteiger partial charge in [0.05, 0.1) is 0 Å². The summed E-state index contributed by atoms with van der Waals surface area (Å²) in [6.07, 6.45) is 3.23. The van der Waals surface area contributed by atoms with Gasteiger partial charge in [0, 0.05) is 11.3 Å². The first kappa shape index (κ1) is 14.8. The monoisotopic (exact) mass is 285 g/mol. The predicted octanol–water partition coefficient (Wildman–Crippen LogP) is 3.51. The second-order valence-corrected chi connectivity index (χ2v) is 4.43. The maximum absolute atomic E-state index is 12.0. The average molecular weight is 285 g/mol. The molecule has 0 spiro atoms. The fourth-order valence-corrected chi connectivity index (χ4v) is 1.75. The van der Waals surface area contributed by atoms with Gasteiger partial charge in [0.15, 0.2) is 5.78 Å². The lowest BCUT2D eigenvalue weighted by molar-refractivity contribution is 0.104. The number of hydrogen-bond donors (Lipinski definition) is 1. The number of nitrogens with two attached hydrogens (primary N) is 1. The van der Waals surface area contributed by atoms with Crippen molar-refractivity contribution in [2.24, 2.45) is 0 Å². The Bertz CT molecular complexity index is 618. The molecule has 0 aliphatic rings. The molecule has 3 nitrogen and oxygen atoms in total. The summed E-state index contributed by atoms with van der Waals surface area (Å²) in [5, 5.41) is 0. The number of benzene rings is 2. The highest BCUT2D eigenvalue weighted by Crippen LogP contribution is 2.14. The fraction of sp³-hybridized carbons (Fsp3) is 0.118. The zero-order chi connectivity index (χ0) is 15.1. The molecule has 0 saturated heterocycles. The molecule has 2 rings (SSSR count). The molecular formula is C17H16FNO2. The minimum atomic E-state index is -0.537. The molecule has 2 N–H and O–H groups in total. The van der Waals surface area contributed by atoms with E-state index < -0.39 is 6.67 Å². The van der Waals surface area contributed by atoms with Gasteiger partial charge in [0.25, 0.3) is 0 Å². The van der Waals surface area contributed by atoms with Crippen molar-refractivity contribution in [2.45, 2.75) is 0 Å². The molecular weight excluding hydrogens is 269 g/mol. The van der Waals surface area contributed by atoms with Gasteiger partial charge in [0.2, 0.25) is 0 Å². The normalized spacial score (nSPS) is 10.7. The first-order chi connectivity index (χ1) is 10.2. The van der Waals surface area contributed by atoms with Crippen LogP contribution in [0, 0.1) is 0 Å². The Balaban J connectivity index is 2.01. The third kappa shape index (κ3) is 4.45. The minimum Gasteiger partial charge on any atom is -0.491 e. The second-order valence-electron chi connectivity index (χ2n) is 4.43. The molecule has 0 radical (unpaired) electrons. The van der Waals surface area contributed by atoms with Gasteiger partial charge in [-0.3, -0.25) is 4.79 Å². The highest BCUT2D eigenvalue weighted by Gasteiger charge is 2.02. The van der Waals surface area contributed by atoms with Crippen molar-refractivity contribution in [2.75, 3.05) is 19.0 Å². The van der Waals surface area contributed by atoms with Gasteiger partial charge < -0.3 is 10.5 Å². The standard InChI is InChI=1S/C17H16FNO2/c18-11-12-21-16-8-4-14(5-9-16)17(20)10-3-13-1-6-15(19)7-2-13/h1-10H,11-12,19H2. The number of rotatable bonds is 6. The summed E-state index contributed by atoms with van der Waals surface area (Å²) in [6, 6.07) is 13.9. The Morgan fingerprint density at radius 3 is 2.38 bits per heavy atom. The largest absolute Gasteiger partial charge is 0.491 e. The van der Waals surface area contributed by atoms with E-state index in [1.54, 1.807) is 42.5 Å². The lowest BCUT2D eigenvalue weighted by atomic mass is 10.1. The molecule has 0 bridgehead atoms. The summed E-state index contributed by atoms with van der Waals surface area (Å²) in [5.74, 6) is 0.440. The van der Waals surface area contributed by atoms with Crippen LogP contribution in [0.15, 0.2) is 54.6 Å². The third-order valence-electron chi connectivity index (χ3n) is 2.85. The van der Waals surface area contributed by atoms with Crippen LogP contribution in [-0.4, -0.2) is 19.1 Å². The molecule has 4 heteroatoms. The van der Waals surface area contributed by atoms with Crippen LogP contribution < -0.4 is 10.5 Å². The maximum Gasteiger partial charge on any atom is 0.185 e. The molecule has 0 saturated carbocycles. The molecule has 0 atom stereocenters. The van der Waals surface area contributed by atoms with Gasteiger partial charge >= 0.3 is 0 Å². The molecule has 0 fully saturated rings. The van der Waals surface area contributed by atoms with Gasteiger partial charge in [0.1, 0.15) is 19.0 Å². The topological polar surface area (TPSA) is 52.3 Å². The lowest BCUT2D eigenvalue weighted by Gasteiger charge is -2.03. The Morgan fingerprint density at radius 2 is 1.76 bits per heavy atom. The number of halogens is 1. The van der Waals surface area contributed by atoms with Gasteiger partial charge in [-0.2, -0.15) is 0 Å². The van der Waals surface area contributed by atoms with E-state index in [2.05, 4.69) is 0 Å². The SMILES string of the molecule is Nc1ccc(C=CC(=O)c2ccc(OCCF)cc2)cc1. The highest BCUT2D eigenvalue weighted by molar-refractivity contribution is 6.06. The summed E-state index contributed by atoms with van der Waals surface area (Å²) in [5.41, 5.74) is 7.73. The molecule has 0 aliphatic carbocycles. The van der Waals surface area contributed by atoms with E-state index in [4.69, 9.17) is 10.5 Å². The Hall–Kier alpha value is -2.62. The molecule has 0 heterocycles. The van der Waals surface area contributed by atoms with Crippen molar-refractivity contribution in [3.05, 3.63) is 65.7 Å². The summed E-state index contributed by atoms with van der Waals surface area (Å²) >= 11 is 0. The molecule has 2 aromatic carbocycles. The van der Waals surface area contributed by atoms with Crippen LogP contribution in [0.1, 0.15) is 15.9 Å². The molecule has 0 amide bonds. The number of carbonyl (C=O) groups is 1. The fourth-order valence-electron chi connectivity index (χ4n) is 1.75. The van der Waals surface area contributed by atoms with Crippen molar-refractivity contribution in [3.63, 3.8) is 0 Å². The summed E-state index contributed by atoms with van der Waals surface area (Å²) in [6.45, 7) is -0.519. The minimum absolute atomic E-state index is 0.0182. The lowest BCUT2D eigenvalue weighted by Crippen LogP contribution is -1.99. The second kappa shape index (κ2) is 7.24. The van der Waals surface area contributed by atoms with Crippen molar-refractivity contribution < 1.29 is 13.9 Å². The molecule has 21 heavy (non-hydrogen) atoms. The van der Waals surface area contributed by atoms with E-state index >= 15 is 0 Å². The van der Waals surface area contributed by atoms with Crippen LogP contribution in [0.4, 0.5) is 10.1 Å². The number of hydrogen-bond acceptors (Lipinski definition) is 3. The quantitative estimate of drug-likeness (QED) is 0.502. The first-order valence-electron chi connectivity index (χ1n) is 6.56. The van der Waals surface area contributed by atoms with Crippen molar-refractivity contribution in [1.82, 2.24) is 0 Å². The van der Waals surface area contributed by atoms with Crippen LogP contribution in [-0.2, 0) is 0 Å². The molecule has 0 aromatic heterocycles. The molecule has 2 aromatic rings. The zero-order valence-electron chi connectivity index (χ0n) is 11.5. The van der Waals surface area contributed by atoms with E-state index in [0.29, 0.717) is 17.0 Å². The smallest absolute Gasteiger partial charge is 0.185 e. The number of alkyl halides is 1. The Labute approximate surface area is 122 Å². The van der Waals surface area contributed by atoms with Gasteiger partial charge in [-0.1, -0.05) is 18.2 Å². The number of ether oxygens (including phenoxy) is 1. The summed E-state index contributed by atoms with van der Waals surface area (Å²) < 4.78 is 17.1. The number of anilines is 1. The van der Waals surface area contributed by atoms with Gasteiger partial charge in [-0.05, 0) is 48.0 Å². The van der Waals surface area contributed by atoms with Gasteiger partial charge in [-0.15, -0.1) is 0 Å². The van der Waals surface area contributed by atoms with Crippen LogP contribution >= 0.6 is 0 Å². The summed E-state index contributed by atoms with van der Waals surface area (Å²) in [7, 11) is 0. The number of allylic oxidation sites excluding steroid dienone is 1. The Kier molecular flexibility index (Phi) is 5.10. The van der Waals surface area contributed by atoms with Crippen molar-refractivity contribution in [3.8, 4) is 5.75 Å². The van der Waals surface area contributed by atoms with Crippen LogP contribution in [0.2, 0.25) is 0 Å². The average Bonchev–Trinajstić information content (AvgIpc) is 2.52.